The topological polar surface area (TPSA) is 42.2 Å². The molecular formula is C17H23NO2. The van der Waals surface area contributed by atoms with E-state index in [0.29, 0.717) is 5.92 Å². The summed E-state index contributed by atoms with van der Waals surface area (Å²) in [5.41, 5.74) is 3.59. The summed E-state index contributed by atoms with van der Waals surface area (Å²) in [5.74, 6) is -0.431. The molecule has 3 nitrogen and oxygen atoms in total. The van der Waals surface area contributed by atoms with E-state index in [2.05, 4.69) is 46.8 Å². The molecule has 0 atom stereocenters. The van der Waals surface area contributed by atoms with Gasteiger partial charge in [-0.05, 0) is 34.6 Å². The van der Waals surface area contributed by atoms with Crippen molar-refractivity contribution in [3.05, 3.63) is 35.5 Å². The lowest BCUT2D eigenvalue weighted by Crippen LogP contribution is -2.11. The average molecular weight is 273 g/mol. The molecule has 0 fully saturated rings. The number of rotatable bonds is 3. The number of aliphatic carboxylic acids is 1. The predicted octanol–water partition coefficient (Wildman–Crippen LogP) is 4.15. The maximum absolute atomic E-state index is 11.0. The van der Waals surface area contributed by atoms with Crippen molar-refractivity contribution >= 4 is 16.9 Å². The zero-order valence-corrected chi connectivity index (χ0v) is 12.9. The normalized spacial score (nSPS) is 12.3. The molecule has 0 amide bonds. The molecule has 0 aliphatic heterocycles. The van der Waals surface area contributed by atoms with E-state index in [1.807, 2.05) is 16.8 Å². The number of fused-ring (bicyclic) bond motifs is 1. The first kappa shape index (κ1) is 14.6. The van der Waals surface area contributed by atoms with Gasteiger partial charge in [0.1, 0.15) is 6.54 Å². The molecule has 0 radical (unpaired) electrons. The molecule has 0 bridgehead atoms. The smallest absolute Gasteiger partial charge is 0.323 e. The van der Waals surface area contributed by atoms with E-state index in [9.17, 15) is 4.79 Å². The number of carboxylic acids is 1. The molecule has 1 aromatic heterocycles. The van der Waals surface area contributed by atoms with E-state index in [-0.39, 0.29) is 12.0 Å². The Morgan fingerprint density at radius 1 is 1.30 bits per heavy atom. The second-order valence-electron chi connectivity index (χ2n) is 6.74. The third-order valence-corrected chi connectivity index (χ3v) is 3.71. The fourth-order valence-electron chi connectivity index (χ4n) is 2.53. The summed E-state index contributed by atoms with van der Waals surface area (Å²) in [7, 11) is 0. The number of benzene rings is 1. The molecule has 2 rings (SSSR count). The Hall–Kier alpha value is -1.77. The third kappa shape index (κ3) is 2.72. The summed E-state index contributed by atoms with van der Waals surface area (Å²) in [4.78, 5) is 11.0. The second-order valence-corrected chi connectivity index (χ2v) is 6.74. The molecule has 1 N–H and O–H groups in total. The standard InChI is InChI=1S/C17H23NO2/c1-11(2)14-9-18(10-16(19)20)15-7-6-12(8-13(14)15)17(3,4)5/h6-9,11H,10H2,1-5H3,(H,19,20). The molecule has 0 saturated heterocycles. The fourth-order valence-corrected chi connectivity index (χ4v) is 2.53. The molecule has 1 aromatic carbocycles. The van der Waals surface area contributed by atoms with Crippen LogP contribution in [0.1, 0.15) is 51.7 Å². The van der Waals surface area contributed by atoms with Gasteiger partial charge in [0.15, 0.2) is 0 Å². The van der Waals surface area contributed by atoms with E-state index < -0.39 is 5.97 Å². The predicted molar refractivity (Wildman–Crippen MR) is 82.4 cm³/mol. The van der Waals surface area contributed by atoms with E-state index >= 15 is 0 Å². The Labute approximate surface area is 120 Å². The molecule has 2 aromatic rings. The summed E-state index contributed by atoms with van der Waals surface area (Å²) in [5, 5.41) is 10.2. The van der Waals surface area contributed by atoms with Crippen molar-refractivity contribution < 1.29 is 9.90 Å². The molecule has 3 heteroatoms. The Balaban J connectivity index is 2.67. The number of aromatic nitrogens is 1. The highest BCUT2D eigenvalue weighted by atomic mass is 16.4. The van der Waals surface area contributed by atoms with Gasteiger partial charge in [-0.15, -0.1) is 0 Å². The van der Waals surface area contributed by atoms with Crippen LogP contribution in [0, 0.1) is 0 Å². The molecule has 0 saturated carbocycles. The van der Waals surface area contributed by atoms with Gasteiger partial charge in [0, 0.05) is 17.1 Å². The monoisotopic (exact) mass is 273 g/mol. The quantitative estimate of drug-likeness (QED) is 0.913. The number of hydrogen-bond donors (Lipinski definition) is 1. The van der Waals surface area contributed by atoms with E-state index in [1.54, 1.807) is 0 Å². The minimum atomic E-state index is -0.808. The fraction of sp³-hybridized carbons (Fsp3) is 0.471. The zero-order valence-electron chi connectivity index (χ0n) is 12.9. The maximum Gasteiger partial charge on any atom is 0.323 e. The number of carbonyl (C=O) groups is 1. The first-order valence-electron chi connectivity index (χ1n) is 7.05. The minimum Gasteiger partial charge on any atom is -0.480 e. The van der Waals surface area contributed by atoms with E-state index in [0.717, 1.165) is 5.52 Å². The highest BCUT2D eigenvalue weighted by Gasteiger charge is 2.18. The van der Waals surface area contributed by atoms with Gasteiger partial charge in [0.05, 0.1) is 0 Å². The highest BCUT2D eigenvalue weighted by Crippen LogP contribution is 2.32. The van der Waals surface area contributed by atoms with Crippen LogP contribution in [-0.2, 0) is 16.8 Å². The van der Waals surface area contributed by atoms with Gasteiger partial charge in [-0.3, -0.25) is 4.79 Å². The number of hydrogen-bond acceptors (Lipinski definition) is 1. The van der Waals surface area contributed by atoms with Gasteiger partial charge in [0.2, 0.25) is 0 Å². The van der Waals surface area contributed by atoms with Crippen LogP contribution >= 0.6 is 0 Å². The highest BCUT2D eigenvalue weighted by molar-refractivity contribution is 5.86. The first-order chi connectivity index (χ1) is 9.20. The van der Waals surface area contributed by atoms with Gasteiger partial charge in [-0.25, -0.2) is 0 Å². The molecule has 0 unspecified atom stereocenters. The van der Waals surface area contributed by atoms with Crippen molar-refractivity contribution in [2.75, 3.05) is 0 Å². The summed E-state index contributed by atoms with van der Waals surface area (Å²) in [6.07, 6.45) is 1.98. The van der Waals surface area contributed by atoms with Crippen molar-refractivity contribution in [3.63, 3.8) is 0 Å². The lowest BCUT2D eigenvalue weighted by atomic mass is 9.86. The first-order valence-corrected chi connectivity index (χ1v) is 7.05. The Morgan fingerprint density at radius 3 is 2.45 bits per heavy atom. The molecule has 0 aliphatic carbocycles. The Bertz CT molecular complexity index is 645. The average Bonchev–Trinajstić information content (AvgIpc) is 2.66. The van der Waals surface area contributed by atoms with Gasteiger partial charge >= 0.3 is 5.97 Å². The van der Waals surface area contributed by atoms with Crippen LogP contribution in [-0.4, -0.2) is 15.6 Å². The van der Waals surface area contributed by atoms with Gasteiger partial charge in [-0.2, -0.15) is 0 Å². The lowest BCUT2D eigenvalue weighted by molar-refractivity contribution is -0.137. The van der Waals surface area contributed by atoms with Crippen molar-refractivity contribution in [2.24, 2.45) is 0 Å². The van der Waals surface area contributed by atoms with Gasteiger partial charge < -0.3 is 9.67 Å². The lowest BCUT2D eigenvalue weighted by Gasteiger charge is -2.19. The third-order valence-electron chi connectivity index (χ3n) is 3.71. The number of carboxylic acid groups (broad SMARTS) is 1. The van der Waals surface area contributed by atoms with E-state index in [1.165, 1.54) is 16.5 Å². The SMILES string of the molecule is CC(C)c1cn(CC(=O)O)c2ccc(C(C)(C)C)cc12. The van der Waals surface area contributed by atoms with Crippen molar-refractivity contribution in [1.29, 1.82) is 0 Å². The molecule has 0 spiro atoms. The van der Waals surface area contributed by atoms with Crippen LogP contribution in [0.15, 0.2) is 24.4 Å². The van der Waals surface area contributed by atoms with Crippen LogP contribution < -0.4 is 0 Å². The van der Waals surface area contributed by atoms with Crippen LogP contribution in [0.4, 0.5) is 0 Å². The minimum absolute atomic E-state index is 0.0120. The zero-order chi connectivity index (χ0) is 15.1. The summed E-state index contributed by atoms with van der Waals surface area (Å²) in [6, 6.07) is 6.36. The molecule has 1 heterocycles. The van der Waals surface area contributed by atoms with Crippen LogP contribution in [0.5, 0.6) is 0 Å². The van der Waals surface area contributed by atoms with Crippen molar-refractivity contribution in [2.45, 2.75) is 52.5 Å². The summed E-state index contributed by atoms with van der Waals surface area (Å²) < 4.78 is 1.83. The van der Waals surface area contributed by atoms with Crippen LogP contribution in [0.25, 0.3) is 10.9 Å². The molecule has 20 heavy (non-hydrogen) atoms. The maximum atomic E-state index is 11.0. The van der Waals surface area contributed by atoms with Crippen molar-refractivity contribution in [1.82, 2.24) is 4.57 Å². The second kappa shape index (κ2) is 4.97. The summed E-state index contributed by atoms with van der Waals surface area (Å²) >= 11 is 0. The van der Waals surface area contributed by atoms with E-state index in [4.69, 9.17) is 5.11 Å². The molecule has 108 valence electrons. The van der Waals surface area contributed by atoms with Gasteiger partial charge in [-0.1, -0.05) is 40.7 Å². The Kier molecular flexibility index (Phi) is 3.63. The molecule has 0 aliphatic rings. The van der Waals surface area contributed by atoms with Crippen molar-refractivity contribution in [3.8, 4) is 0 Å². The van der Waals surface area contributed by atoms with Crippen LogP contribution in [0.3, 0.4) is 0 Å². The largest absolute Gasteiger partial charge is 0.480 e. The van der Waals surface area contributed by atoms with Crippen LogP contribution in [0.2, 0.25) is 0 Å². The number of nitrogens with zero attached hydrogens (tertiary/aromatic N) is 1. The van der Waals surface area contributed by atoms with Gasteiger partial charge in [0.25, 0.3) is 0 Å². The Morgan fingerprint density at radius 2 is 1.95 bits per heavy atom. The summed E-state index contributed by atoms with van der Waals surface area (Å²) in [6.45, 7) is 10.9. The molecular weight excluding hydrogens is 250 g/mol.